The van der Waals surface area contributed by atoms with Crippen LogP contribution in [0, 0.1) is 0 Å². The summed E-state index contributed by atoms with van der Waals surface area (Å²) in [6.45, 7) is 0.318. The largest absolute Gasteiger partial charge is 0.478 e. The third-order valence-electron chi connectivity index (χ3n) is 1.31. The fourth-order valence-corrected chi connectivity index (χ4v) is 0.846. The van der Waals surface area contributed by atoms with Crippen molar-refractivity contribution >= 4 is 0 Å². The number of benzene rings is 1. The Balaban J connectivity index is 2.67. The first-order chi connectivity index (χ1) is 5.86. The fourth-order valence-electron chi connectivity index (χ4n) is 0.846. The van der Waals surface area contributed by atoms with Crippen molar-refractivity contribution in [2.75, 3.05) is 13.5 Å². The number of rotatable bonds is 4. The number of ether oxygens (including phenoxy) is 2. The Morgan fingerprint density at radius 1 is 1.00 bits per heavy atom. The van der Waals surface area contributed by atoms with E-state index in [2.05, 4.69) is 0 Å². The Labute approximate surface area is 71.1 Å². The van der Waals surface area contributed by atoms with Crippen molar-refractivity contribution in [3.05, 3.63) is 24.3 Å². The van der Waals surface area contributed by atoms with Crippen LogP contribution < -0.4 is 20.9 Å². The zero-order valence-electron chi connectivity index (χ0n) is 6.69. The molecular formula is C8H12N2O2. The van der Waals surface area contributed by atoms with E-state index in [0.717, 1.165) is 0 Å². The van der Waals surface area contributed by atoms with Crippen LogP contribution in [-0.4, -0.2) is 13.5 Å². The molecule has 0 saturated carbocycles. The van der Waals surface area contributed by atoms with Crippen molar-refractivity contribution in [2.45, 2.75) is 0 Å². The molecular weight excluding hydrogens is 156 g/mol. The van der Waals surface area contributed by atoms with Crippen LogP contribution in [0.25, 0.3) is 0 Å². The van der Waals surface area contributed by atoms with Gasteiger partial charge in [-0.25, -0.2) is 0 Å². The van der Waals surface area contributed by atoms with Gasteiger partial charge in [-0.2, -0.15) is 0 Å². The maximum atomic E-state index is 5.20. The SMILES string of the molecule is NCOc1cccc(OCN)c1. The van der Waals surface area contributed by atoms with Gasteiger partial charge >= 0.3 is 0 Å². The van der Waals surface area contributed by atoms with Gasteiger partial charge in [0.2, 0.25) is 0 Å². The molecule has 0 aliphatic heterocycles. The Kier molecular flexibility index (Phi) is 3.37. The van der Waals surface area contributed by atoms with Gasteiger partial charge in [0, 0.05) is 6.07 Å². The van der Waals surface area contributed by atoms with E-state index in [4.69, 9.17) is 20.9 Å². The van der Waals surface area contributed by atoms with Crippen LogP contribution in [0.4, 0.5) is 0 Å². The quantitative estimate of drug-likeness (QED) is 0.633. The summed E-state index contributed by atoms with van der Waals surface area (Å²) in [5.74, 6) is 1.37. The minimum atomic E-state index is 0.159. The minimum absolute atomic E-state index is 0.159. The molecule has 4 heteroatoms. The Morgan fingerprint density at radius 2 is 1.50 bits per heavy atom. The van der Waals surface area contributed by atoms with Crippen molar-refractivity contribution in [3.8, 4) is 11.5 Å². The van der Waals surface area contributed by atoms with Gasteiger partial charge < -0.3 is 9.47 Å². The van der Waals surface area contributed by atoms with E-state index in [1.165, 1.54) is 0 Å². The molecule has 4 N–H and O–H groups in total. The topological polar surface area (TPSA) is 70.5 Å². The molecule has 1 aromatic carbocycles. The van der Waals surface area contributed by atoms with Crippen LogP contribution in [0.2, 0.25) is 0 Å². The van der Waals surface area contributed by atoms with Gasteiger partial charge in [0.1, 0.15) is 25.0 Å². The van der Waals surface area contributed by atoms with Crippen molar-refractivity contribution in [2.24, 2.45) is 11.5 Å². The molecule has 0 saturated heterocycles. The first-order valence-electron chi connectivity index (χ1n) is 3.62. The number of nitrogens with two attached hydrogens (primary N) is 2. The van der Waals surface area contributed by atoms with Crippen molar-refractivity contribution < 1.29 is 9.47 Å². The molecule has 0 aliphatic carbocycles. The molecule has 0 aromatic heterocycles. The van der Waals surface area contributed by atoms with Crippen LogP contribution >= 0.6 is 0 Å². The van der Waals surface area contributed by atoms with Gasteiger partial charge in [-0.05, 0) is 12.1 Å². The van der Waals surface area contributed by atoms with Gasteiger partial charge in [0.15, 0.2) is 0 Å². The lowest BCUT2D eigenvalue weighted by molar-refractivity contribution is 0.313. The van der Waals surface area contributed by atoms with Gasteiger partial charge in [-0.1, -0.05) is 6.07 Å². The molecule has 12 heavy (non-hydrogen) atoms. The van der Waals surface area contributed by atoms with Crippen LogP contribution in [-0.2, 0) is 0 Å². The zero-order chi connectivity index (χ0) is 8.81. The van der Waals surface area contributed by atoms with E-state index >= 15 is 0 Å². The molecule has 0 atom stereocenters. The molecule has 1 rings (SSSR count). The minimum Gasteiger partial charge on any atom is -0.478 e. The molecule has 0 heterocycles. The summed E-state index contributed by atoms with van der Waals surface area (Å²) in [4.78, 5) is 0. The second kappa shape index (κ2) is 4.58. The van der Waals surface area contributed by atoms with Crippen molar-refractivity contribution in [1.82, 2.24) is 0 Å². The van der Waals surface area contributed by atoms with Crippen LogP contribution in [0.15, 0.2) is 24.3 Å². The van der Waals surface area contributed by atoms with Crippen LogP contribution in [0.3, 0.4) is 0 Å². The Morgan fingerprint density at radius 3 is 1.92 bits per heavy atom. The molecule has 0 amide bonds. The maximum absolute atomic E-state index is 5.20. The van der Waals surface area contributed by atoms with Crippen LogP contribution in [0.1, 0.15) is 0 Å². The van der Waals surface area contributed by atoms with E-state index < -0.39 is 0 Å². The Bertz CT molecular complexity index is 219. The summed E-state index contributed by atoms with van der Waals surface area (Å²) in [7, 11) is 0. The third-order valence-corrected chi connectivity index (χ3v) is 1.31. The molecule has 4 nitrogen and oxygen atoms in total. The monoisotopic (exact) mass is 168 g/mol. The van der Waals surface area contributed by atoms with Crippen molar-refractivity contribution in [3.63, 3.8) is 0 Å². The molecule has 0 unspecified atom stereocenters. The van der Waals surface area contributed by atoms with E-state index in [1.54, 1.807) is 18.2 Å². The lowest BCUT2D eigenvalue weighted by Crippen LogP contribution is -2.09. The summed E-state index contributed by atoms with van der Waals surface area (Å²) >= 11 is 0. The highest BCUT2D eigenvalue weighted by Crippen LogP contribution is 2.18. The lowest BCUT2D eigenvalue weighted by Gasteiger charge is -2.05. The van der Waals surface area contributed by atoms with E-state index in [0.29, 0.717) is 11.5 Å². The highest BCUT2D eigenvalue weighted by molar-refractivity contribution is 5.32. The summed E-state index contributed by atoms with van der Waals surface area (Å²) < 4.78 is 10.1. The van der Waals surface area contributed by atoms with Gasteiger partial charge in [-0.15, -0.1) is 0 Å². The van der Waals surface area contributed by atoms with E-state index in [1.807, 2.05) is 6.07 Å². The van der Waals surface area contributed by atoms with E-state index in [-0.39, 0.29) is 13.5 Å². The van der Waals surface area contributed by atoms with Gasteiger partial charge in [-0.3, -0.25) is 11.5 Å². The summed E-state index contributed by atoms with van der Waals surface area (Å²) in [5, 5.41) is 0. The summed E-state index contributed by atoms with van der Waals surface area (Å²) in [5.41, 5.74) is 10.4. The maximum Gasteiger partial charge on any atom is 0.137 e. The smallest absolute Gasteiger partial charge is 0.137 e. The summed E-state index contributed by atoms with van der Waals surface area (Å²) in [6.07, 6.45) is 0. The molecule has 0 fully saturated rings. The molecule has 0 bridgehead atoms. The third kappa shape index (κ3) is 2.41. The average Bonchev–Trinajstić information content (AvgIpc) is 2.06. The molecule has 66 valence electrons. The molecule has 1 aromatic rings. The second-order valence-corrected chi connectivity index (χ2v) is 2.10. The second-order valence-electron chi connectivity index (χ2n) is 2.10. The van der Waals surface area contributed by atoms with E-state index in [9.17, 15) is 0 Å². The zero-order valence-corrected chi connectivity index (χ0v) is 6.69. The summed E-state index contributed by atoms with van der Waals surface area (Å²) in [6, 6.07) is 7.15. The van der Waals surface area contributed by atoms with Crippen molar-refractivity contribution in [1.29, 1.82) is 0 Å². The molecule has 0 spiro atoms. The highest BCUT2D eigenvalue weighted by Gasteiger charge is 1.94. The van der Waals surface area contributed by atoms with Crippen LogP contribution in [0.5, 0.6) is 11.5 Å². The first kappa shape index (κ1) is 8.83. The number of hydrogen-bond acceptors (Lipinski definition) is 4. The average molecular weight is 168 g/mol. The first-order valence-corrected chi connectivity index (χ1v) is 3.62. The lowest BCUT2D eigenvalue weighted by atomic mass is 10.3. The van der Waals surface area contributed by atoms with Gasteiger partial charge in [0.25, 0.3) is 0 Å². The fraction of sp³-hybridized carbons (Fsp3) is 0.250. The highest BCUT2D eigenvalue weighted by atomic mass is 16.5. The number of hydrogen-bond donors (Lipinski definition) is 2. The molecule has 0 radical (unpaired) electrons. The molecule has 0 aliphatic rings. The predicted octanol–water partition coefficient (Wildman–Crippen LogP) is 0.277. The predicted molar refractivity (Wildman–Crippen MR) is 45.8 cm³/mol. The Hall–Kier alpha value is -1.26. The normalized spacial score (nSPS) is 9.50. The van der Waals surface area contributed by atoms with Gasteiger partial charge in [0.05, 0.1) is 0 Å². The standard InChI is InChI=1S/C8H12N2O2/c9-5-11-7-2-1-3-8(4-7)12-6-10/h1-4H,5-6,9-10H2.